The fourth-order valence-corrected chi connectivity index (χ4v) is 3.46. The van der Waals surface area contributed by atoms with Gasteiger partial charge in [0.2, 0.25) is 0 Å². The molecule has 3 heteroatoms. The molecule has 0 heterocycles. The maximum absolute atomic E-state index is 11.4. The average Bonchev–Trinajstić information content (AvgIpc) is 2.54. The second-order valence-electron chi connectivity index (χ2n) is 6.24. The van der Waals surface area contributed by atoms with Gasteiger partial charge in [-0.1, -0.05) is 36.4 Å². The van der Waals surface area contributed by atoms with Gasteiger partial charge in [0.1, 0.15) is 0 Å². The quantitative estimate of drug-likeness (QED) is 0.613. The summed E-state index contributed by atoms with van der Waals surface area (Å²) in [6.45, 7) is 2.27. The highest BCUT2D eigenvalue weighted by molar-refractivity contribution is 5.81. The van der Waals surface area contributed by atoms with Gasteiger partial charge < -0.3 is 4.74 Å². The van der Waals surface area contributed by atoms with Crippen LogP contribution in [0, 0.1) is 5.92 Å². The summed E-state index contributed by atoms with van der Waals surface area (Å²) >= 11 is 0. The smallest absolute Gasteiger partial charge is 0.330 e. The van der Waals surface area contributed by atoms with E-state index >= 15 is 0 Å². The van der Waals surface area contributed by atoms with Crippen LogP contribution in [0.4, 0.5) is 0 Å². The molecule has 0 saturated heterocycles. The van der Waals surface area contributed by atoms with E-state index in [0.29, 0.717) is 12.5 Å². The highest BCUT2D eigenvalue weighted by atomic mass is 16.5. The minimum atomic E-state index is -0.227. The third-order valence-corrected chi connectivity index (χ3v) is 4.82. The third kappa shape index (κ3) is 3.77. The minimum Gasteiger partial charge on any atom is -0.463 e. The summed E-state index contributed by atoms with van der Waals surface area (Å²) in [5.74, 6) is 0.246. The molecule has 0 unspecified atom stereocenters. The molecule has 0 N–H and O–H groups in total. The van der Waals surface area contributed by atoms with Crippen LogP contribution in [0.25, 0.3) is 0 Å². The predicted octanol–water partition coefficient (Wildman–Crippen LogP) is 3.75. The number of carbonyl (C=O) groups excluding carboxylic acids is 1. The van der Waals surface area contributed by atoms with E-state index in [1.54, 1.807) is 6.08 Å². The summed E-state index contributed by atoms with van der Waals surface area (Å²) in [4.78, 5) is 13.8. The van der Waals surface area contributed by atoms with E-state index in [1.807, 2.05) is 13.0 Å². The van der Waals surface area contributed by atoms with Crippen LogP contribution in [-0.4, -0.2) is 31.6 Å². The van der Waals surface area contributed by atoms with Gasteiger partial charge in [-0.25, -0.2) is 4.79 Å². The Morgan fingerprint density at radius 3 is 2.45 bits per heavy atom. The van der Waals surface area contributed by atoms with E-state index in [0.717, 1.165) is 25.7 Å². The van der Waals surface area contributed by atoms with Crippen molar-refractivity contribution in [3.05, 3.63) is 48.0 Å². The summed E-state index contributed by atoms with van der Waals surface area (Å²) < 4.78 is 4.95. The van der Waals surface area contributed by atoms with Crippen LogP contribution in [0.1, 0.15) is 38.2 Å². The lowest BCUT2D eigenvalue weighted by Crippen LogP contribution is -2.44. The summed E-state index contributed by atoms with van der Waals surface area (Å²) in [5, 5.41) is 0. The van der Waals surface area contributed by atoms with Crippen molar-refractivity contribution in [2.24, 2.45) is 5.92 Å². The SMILES string of the molecule is CCOC(=O)/C=C/C1CCC(c2ccccc2)(N(C)C)CC1. The number of nitrogens with zero attached hydrogens (tertiary/aromatic N) is 1. The molecule has 0 atom stereocenters. The zero-order valence-electron chi connectivity index (χ0n) is 13.9. The Hall–Kier alpha value is -1.61. The maximum atomic E-state index is 11.4. The standard InChI is InChI=1S/C19H27NO2/c1-4-22-18(21)11-10-16-12-14-19(15-13-16,20(2)3)17-8-6-5-7-9-17/h5-11,16H,4,12-15H2,1-3H3/b11-10+. The summed E-state index contributed by atoms with van der Waals surface area (Å²) in [7, 11) is 4.34. The molecule has 1 saturated carbocycles. The summed E-state index contributed by atoms with van der Waals surface area (Å²) in [6.07, 6.45) is 8.05. The van der Waals surface area contributed by atoms with E-state index in [2.05, 4.69) is 49.3 Å². The van der Waals surface area contributed by atoms with Crippen LogP contribution in [-0.2, 0) is 15.1 Å². The second-order valence-corrected chi connectivity index (χ2v) is 6.24. The Bertz CT molecular complexity index is 499. The molecule has 0 amide bonds. The van der Waals surface area contributed by atoms with E-state index in [1.165, 1.54) is 5.56 Å². The van der Waals surface area contributed by atoms with Crippen molar-refractivity contribution in [3.8, 4) is 0 Å². The van der Waals surface area contributed by atoms with E-state index in [4.69, 9.17) is 4.74 Å². The first-order chi connectivity index (χ1) is 10.6. The maximum Gasteiger partial charge on any atom is 0.330 e. The van der Waals surface area contributed by atoms with Gasteiger partial charge in [0.25, 0.3) is 0 Å². The Labute approximate surface area is 134 Å². The van der Waals surface area contributed by atoms with Gasteiger partial charge in [-0.05, 0) is 58.2 Å². The van der Waals surface area contributed by atoms with Crippen molar-refractivity contribution >= 4 is 5.97 Å². The molecule has 1 aliphatic carbocycles. The normalized spacial score (nSPS) is 25.5. The number of rotatable bonds is 5. The van der Waals surface area contributed by atoms with Gasteiger partial charge in [0.15, 0.2) is 0 Å². The van der Waals surface area contributed by atoms with Gasteiger partial charge in [0, 0.05) is 11.6 Å². The Morgan fingerprint density at radius 1 is 1.27 bits per heavy atom. The first kappa shape index (κ1) is 16.8. The molecular weight excluding hydrogens is 274 g/mol. The predicted molar refractivity (Wildman–Crippen MR) is 89.5 cm³/mol. The third-order valence-electron chi connectivity index (χ3n) is 4.82. The molecule has 1 aromatic carbocycles. The first-order valence-corrected chi connectivity index (χ1v) is 8.16. The van der Waals surface area contributed by atoms with Crippen LogP contribution >= 0.6 is 0 Å². The Morgan fingerprint density at radius 2 is 1.91 bits per heavy atom. The fraction of sp³-hybridized carbons (Fsp3) is 0.526. The van der Waals surface area contributed by atoms with Crippen molar-refractivity contribution in [2.45, 2.75) is 38.1 Å². The van der Waals surface area contributed by atoms with Crippen molar-refractivity contribution in [1.82, 2.24) is 4.90 Å². The number of hydrogen-bond acceptors (Lipinski definition) is 3. The Balaban J connectivity index is 2.03. The van der Waals surface area contributed by atoms with Crippen molar-refractivity contribution < 1.29 is 9.53 Å². The lowest BCUT2D eigenvalue weighted by molar-refractivity contribution is -0.137. The van der Waals surface area contributed by atoms with E-state index in [9.17, 15) is 4.79 Å². The molecule has 1 aliphatic rings. The molecule has 0 aromatic heterocycles. The highest BCUT2D eigenvalue weighted by Crippen LogP contribution is 2.43. The molecule has 0 aliphatic heterocycles. The monoisotopic (exact) mass is 301 g/mol. The highest BCUT2D eigenvalue weighted by Gasteiger charge is 2.37. The number of benzene rings is 1. The Kier molecular flexibility index (Phi) is 5.78. The van der Waals surface area contributed by atoms with Crippen LogP contribution in [0.5, 0.6) is 0 Å². The fourth-order valence-electron chi connectivity index (χ4n) is 3.46. The first-order valence-electron chi connectivity index (χ1n) is 8.16. The topological polar surface area (TPSA) is 29.5 Å². The lowest BCUT2D eigenvalue weighted by atomic mass is 9.72. The number of carbonyl (C=O) groups is 1. The van der Waals surface area contributed by atoms with Gasteiger partial charge in [-0.3, -0.25) is 4.90 Å². The summed E-state index contributed by atoms with van der Waals surface area (Å²) in [5.41, 5.74) is 1.52. The molecule has 120 valence electrons. The van der Waals surface area contributed by atoms with Gasteiger partial charge in [0.05, 0.1) is 6.61 Å². The molecule has 1 aromatic rings. The van der Waals surface area contributed by atoms with Crippen LogP contribution in [0.2, 0.25) is 0 Å². The molecule has 2 rings (SSSR count). The summed E-state index contributed by atoms with van der Waals surface area (Å²) in [6, 6.07) is 10.8. The average molecular weight is 301 g/mol. The van der Waals surface area contributed by atoms with E-state index in [-0.39, 0.29) is 11.5 Å². The number of esters is 1. The zero-order valence-corrected chi connectivity index (χ0v) is 13.9. The van der Waals surface area contributed by atoms with Crippen molar-refractivity contribution in [1.29, 1.82) is 0 Å². The van der Waals surface area contributed by atoms with Gasteiger partial charge >= 0.3 is 5.97 Å². The van der Waals surface area contributed by atoms with Crippen LogP contribution in [0.3, 0.4) is 0 Å². The van der Waals surface area contributed by atoms with Crippen molar-refractivity contribution in [2.75, 3.05) is 20.7 Å². The van der Waals surface area contributed by atoms with Crippen LogP contribution in [0.15, 0.2) is 42.5 Å². The molecule has 22 heavy (non-hydrogen) atoms. The number of allylic oxidation sites excluding steroid dienone is 1. The zero-order chi connectivity index (χ0) is 16.0. The molecule has 3 nitrogen and oxygen atoms in total. The van der Waals surface area contributed by atoms with Crippen LogP contribution < -0.4 is 0 Å². The molecular formula is C19H27NO2. The lowest BCUT2D eigenvalue weighted by Gasteiger charge is -2.45. The second kappa shape index (κ2) is 7.59. The van der Waals surface area contributed by atoms with Crippen molar-refractivity contribution in [3.63, 3.8) is 0 Å². The van der Waals surface area contributed by atoms with Gasteiger partial charge in [-0.15, -0.1) is 0 Å². The minimum absolute atomic E-state index is 0.121. The molecule has 0 spiro atoms. The molecule has 1 fully saturated rings. The molecule has 0 bridgehead atoms. The van der Waals surface area contributed by atoms with Gasteiger partial charge in [-0.2, -0.15) is 0 Å². The number of ether oxygens (including phenoxy) is 1. The van der Waals surface area contributed by atoms with E-state index < -0.39 is 0 Å². The molecule has 0 radical (unpaired) electrons. The largest absolute Gasteiger partial charge is 0.463 e. The number of hydrogen-bond donors (Lipinski definition) is 0.